The predicted octanol–water partition coefficient (Wildman–Crippen LogP) is 4.91. The smallest absolute Gasteiger partial charge is 0.343 e. The Labute approximate surface area is 151 Å². The second kappa shape index (κ2) is 6.69. The maximum Gasteiger partial charge on any atom is 0.343 e. The molecule has 1 heterocycles. The molecule has 0 bridgehead atoms. The summed E-state index contributed by atoms with van der Waals surface area (Å²) in [7, 11) is 0. The van der Waals surface area contributed by atoms with E-state index >= 15 is 0 Å². The first-order valence-electron chi connectivity index (χ1n) is 7.97. The minimum Gasteiger partial charge on any atom is -0.423 e. The van der Waals surface area contributed by atoms with Gasteiger partial charge in [0.1, 0.15) is 5.75 Å². The topological polar surface area (TPSA) is 65.2 Å². The van der Waals surface area contributed by atoms with Crippen LogP contribution in [0.5, 0.6) is 5.75 Å². The molecule has 4 nitrogen and oxygen atoms in total. The summed E-state index contributed by atoms with van der Waals surface area (Å²) in [6.07, 6.45) is 0. The molecule has 0 aliphatic carbocycles. The van der Waals surface area contributed by atoms with Crippen molar-refractivity contribution in [3.05, 3.63) is 65.0 Å². The number of hydrogen-bond acceptors (Lipinski definition) is 5. The largest absolute Gasteiger partial charge is 0.423 e. The third-order valence-electron chi connectivity index (χ3n) is 3.87. The fourth-order valence-corrected chi connectivity index (χ4v) is 2.96. The molecule has 3 aromatic rings. The number of aromatic nitrogens is 1. The van der Waals surface area contributed by atoms with Crippen molar-refractivity contribution in [2.75, 3.05) is 5.73 Å². The fourth-order valence-electron chi connectivity index (χ4n) is 2.39. The highest BCUT2D eigenvalue weighted by molar-refractivity contribution is 7.13. The van der Waals surface area contributed by atoms with Gasteiger partial charge in [0.2, 0.25) is 0 Å². The van der Waals surface area contributed by atoms with E-state index in [2.05, 4.69) is 25.8 Å². The van der Waals surface area contributed by atoms with Crippen LogP contribution >= 0.6 is 11.3 Å². The van der Waals surface area contributed by atoms with E-state index in [-0.39, 0.29) is 11.4 Å². The van der Waals surface area contributed by atoms with Crippen LogP contribution in [0.3, 0.4) is 0 Å². The maximum atomic E-state index is 12.3. The Bertz CT molecular complexity index is 875. The first-order valence-corrected chi connectivity index (χ1v) is 8.85. The minimum absolute atomic E-state index is 0.0529. The van der Waals surface area contributed by atoms with E-state index in [1.807, 2.05) is 29.6 Å². The molecule has 0 saturated carbocycles. The Morgan fingerprint density at radius 1 is 1.04 bits per heavy atom. The highest BCUT2D eigenvalue weighted by Crippen LogP contribution is 2.26. The van der Waals surface area contributed by atoms with Gasteiger partial charge in [0.05, 0.1) is 11.3 Å². The molecule has 0 spiro atoms. The molecule has 0 amide bonds. The van der Waals surface area contributed by atoms with Crippen molar-refractivity contribution in [1.82, 2.24) is 4.98 Å². The molecule has 0 saturated heterocycles. The van der Waals surface area contributed by atoms with E-state index in [9.17, 15) is 4.79 Å². The van der Waals surface area contributed by atoms with Crippen molar-refractivity contribution >= 4 is 22.4 Å². The number of ether oxygens (including phenoxy) is 1. The first-order chi connectivity index (χ1) is 11.8. The molecule has 3 rings (SSSR count). The van der Waals surface area contributed by atoms with Crippen LogP contribution in [0, 0.1) is 0 Å². The zero-order chi connectivity index (χ0) is 18.0. The SMILES string of the molecule is CC(C)(C)c1ccc(C(=O)Oc2ccc(-c3csc(N)n3)cc2)cc1. The molecule has 0 aliphatic rings. The number of carbonyl (C=O) groups is 1. The molecule has 0 atom stereocenters. The monoisotopic (exact) mass is 352 g/mol. The summed E-state index contributed by atoms with van der Waals surface area (Å²) < 4.78 is 5.44. The number of thiazole rings is 1. The molecule has 0 aliphatic heterocycles. The molecule has 1 aromatic heterocycles. The molecule has 5 heteroatoms. The number of anilines is 1. The molecule has 0 radical (unpaired) electrons. The Morgan fingerprint density at radius 3 is 2.20 bits per heavy atom. The average molecular weight is 352 g/mol. The van der Waals surface area contributed by atoms with Crippen LogP contribution in [0.4, 0.5) is 5.13 Å². The van der Waals surface area contributed by atoms with E-state index in [0.29, 0.717) is 16.4 Å². The number of nitrogens with zero attached hydrogens (tertiary/aromatic N) is 1. The van der Waals surface area contributed by atoms with E-state index < -0.39 is 0 Å². The summed E-state index contributed by atoms with van der Waals surface area (Å²) in [4.78, 5) is 16.5. The van der Waals surface area contributed by atoms with E-state index in [1.54, 1.807) is 24.3 Å². The van der Waals surface area contributed by atoms with Crippen LogP contribution in [-0.2, 0) is 5.41 Å². The number of rotatable bonds is 3. The van der Waals surface area contributed by atoms with Gasteiger partial charge in [-0.2, -0.15) is 0 Å². The Kier molecular flexibility index (Phi) is 4.59. The fraction of sp³-hybridized carbons (Fsp3) is 0.200. The summed E-state index contributed by atoms with van der Waals surface area (Å²) in [6.45, 7) is 6.41. The van der Waals surface area contributed by atoms with Crippen molar-refractivity contribution in [2.45, 2.75) is 26.2 Å². The molecule has 2 aromatic carbocycles. The Hall–Kier alpha value is -2.66. The number of carbonyl (C=O) groups excluding carboxylic acids is 1. The van der Waals surface area contributed by atoms with Gasteiger partial charge in [0, 0.05) is 10.9 Å². The first kappa shape index (κ1) is 17.2. The second-order valence-corrected chi connectivity index (χ2v) is 7.70. The van der Waals surface area contributed by atoms with Gasteiger partial charge in [0.15, 0.2) is 5.13 Å². The van der Waals surface area contributed by atoms with Crippen LogP contribution in [0.2, 0.25) is 0 Å². The Balaban J connectivity index is 1.70. The maximum absolute atomic E-state index is 12.3. The molecular weight excluding hydrogens is 332 g/mol. The summed E-state index contributed by atoms with van der Waals surface area (Å²) in [5.74, 6) is 0.128. The standard InChI is InChI=1S/C20H20N2O2S/c1-20(2,3)15-8-4-14(5-9-15)18(23)24-16-10-6-13(7-11-16)17-12-25-19(21)22-17/h4-12H,1-3H3,(H2,21,22). The lowest BCUT2D eigenvalue weighted by molar-refractivity contribution is 0.0734. The summed E-state index contributed by atoms with van der Waals surface area (Å²) in [5, 5.41) is 2.43. The van der Waals surface area contributed by atoms with E-state index in [0.717, 1.165) is 11.3 Å². The minimum atomic E-state index is -0.369. The number of benzene rings is 2. The summed E-state index contributed by atoms with van der Waals surface area (Å²) in [5.41, 5.74) is 9.16. The molecule has 0 unspecified atom stereocenters. The average Bonchev–Trinajstić information content (AvgIpc) is 3.01. The van der Waals surface area contributed by atoms with Crippen LogP contribution in [-0.4, -0.2) is 11.0 Å². The molecule has 25 heavy (non-hydrogen) atoms. The van der Waals surface area contributed by atoms with Crippen LogP contribution < -0.4 is 10.5 Å². The summed E-state index contributed by atoms with van der Waals surface area (Å²) >= 11 is 1.40. The van der Waals surface area contributed by atoms with Crippen LogP contribution in [0.1, 0.15) is 36.7 Å². The molecular formula is C20H20N2O2S. The third kappa shape index (κ3) is 4.06. The lowest BCUT2D eigenvalue weighted by Crippen LogP contribution is -2.12. The number of hydrogen-bond donors (Lipinski definition) is 1. The van der Waals surface area contributed by atoms with Crippen LogP contribution in [0.25, 0.3) is 11.3 Å². The van der Waals surface area contributed by atoms with Gasteiger partial charge in [-0.05, 0) is 47.4 Å². The summed E-state index contributed by atoms with van der Waals surface area (Å²) in [6, 6.07) is 14.8. The molecule has 128 valence electrons. The van der Waals surface area contributed by atoms with Crippen molar-refractivity contribution in [3.8, 4) is 17.0 Å². The van der Waals surface area contributed by atoms with Gasteiger partial charge in [-0.3, -0.25) is 0 Å². The van der Waals surface area contributed by atoms with E-state index in [1.165, 1.54) is 16.9 Å². The van der Waals surface area contributed by atoms with Crippen molar-refractivity contribution in [2.24, 2.45) is 0 Å². The van der Waals surface area contributed by atoms with E-state index in [4.69, 9.17) is 10.5 Å². The zero-order valence-electron chi connectivity index (χ0n) is 14.4. The molecule has 0 fully saturated rings. The third-order valence-corrected chi connectivity index (χ3v) is 4.54. The normalized spacial score (nSPS) is 11.3. The second-order valence-electron chi connectivity index (χ2n) is 6.81. The van der Waals surface area contributed by atoms with Crippen molar-refractivity contribution in [1.29, 1.82) is 0 Å². The lowest BCUT2D eigenvalue weighted by atomic mass is 9.87. The lowest BCUT2D eigenvalue weighted by Gasteiger charge is -2.18. The predicted molar refractivity (Wildman–Crippen MR) is 102 cm³/mol. The van der Waals surface area contributed by atoms with Gasteiger partial charge in [-0.15, -0.1) is 11.3 Å². The van der Waals surface area contributed by atoms with Crippen molar-refractivity contribution in [3.63, 3.8) is 0 Å². The van der Waals surface area contributed by atoms with Gasteiger partial charge in [0.25, 0.3) is 0 Å². The van der Waals surface area contributed by atoms with Gasteiger partial charge in [-0.1, -0.05) is 32.9 Å². The highest BCUT2D eigenvalue weighted by Gasteiger charge is 2.15. The Morgan fingerprint density at radius 2 is 1.68 bits per heavy atom. The van der Waals surface area contributed by atoms with Gasteiger partial charge >= 0.3 is 5.97 Å². The number of esters is 1. The van der Waals surface area contributed by atoms with Gasteiger partial charge in [-0.25, -0.2) is 9.78 Å². The number of nitrogen functional groups attached to an aromatic ring is 1. The quantitative estimate of drug-likeness (QED) is 0.537. The van der Waals surface area contributed by atoms with Gasteiger partial charge < -0.3 is 10.5 Å². The number of nitrogens with two attached hydrogens (primary N) is 1. The zero-order valence-corrected chi connectivity index (χ0v) is 15.3. The highest BCUT2D eigenvalue weighted by atomic mass is 32.1. The molecule has 2 N–H and O–H groups in total. The van der Waals surface area contributed by atoms with Crippen molar-refractivity contribution < 1.29 is 9.53 Å². The van der Waals surface area contributed by atoms with Crippen LogP contribution in [0.15, 0.2) is 53.9 Å².